The van der Waals surface area contributed by atoms with Crippen LogP contribution >= 0.6 is 15.9 Å². The molecule has 0 aliphatic rings. The van der Waals surface area contributed by atoms with E-state index in [0.29, 0.717) is 17.0 Å². The lowest BCUT2D eigenvalue weighted by Gasteiger charge is -2.10. The highest BCUT2D eigenvalue weighted by Gasteiger charge is 2.07. The van der Waals surface area contributed by atoms with Crippen molar-refractivity contribution in [1.82, 2.24) is 0 Å². The van der Waals surface area contributed by atoms with Gasteiger partial charge in [0.1, 0.15) is 5.75 Å². The second-order valence-corrected chi connectivity index (χ2v) is 5.47. The van der Waals surface area contributed by atoms with Crippen molar-refractivity contribution in [3.05, 3.63) is 64.6 Å². The molecule has 0 saturated carbocycles. The number of nitrogens with one attached hydrogen (secondary N) is 1. The standard InChI is InChI=1S/C17H14BrNO4/c18-13-7-8-15(12(10-13)6-9-17(21)22)23-11-16(20)19-14-4-2-1-3-5-14/h1-10H,11H2,(H,19,20)(H,21,22)/b9-6+. The first-order valence-corrected chi connectivity index (χ1v) is 7.52. The lowest BCUT2D eigenvalue weighted by atomic mass is 10.2. The number of carbonyl (C=O) groups excluding carboxylic acids is 1. The van der Waals surface area contributed by atoms with Crippen molar-refractivity contribution in [1.29, 1.82) is 0 Å². The third-order valence-corrected chi connectivity index (χ3v) is 3.29. The monoisotopic (exact) mass is 375 g/mol. The summed E-state index contributed by atoms with van der Waals surface area (Å²) in [4.78, 5) is 22.5. The number of para-hydroxylation sites is 1. The second-order valence-electron chi connectivity index (χ2n) is 4.56. The molecule has 2 rings (SSSR count). The number of carbonyl (C=O) groups is 2. The zero-order valence-corrected chi connectivity index (χ0v) is 13.6. The van der Waals surface area contributed by atoms with Crippen molar-refractivity contribution in [2.24, 2.45) is 0 Å². The number of rotatable bonds is 6. The van der Waals surface area contributed by atoms with Gasteiger partial charge in [0.05, 0.1) is 0 Å². The zero-order chi connectivity index (χ0) is 16.7. The van der Waals surface area contributed by atoms with Crippen LogP contribution in [0.5, 0.6) is 5.75 Å². The van der Waals surface area contributed by atoms with E-state index in [9.17, 15) is 9.59 Å². The Bertz CT molecular complexity index is 729. The first kappa shape index (κ1) is 16.8. The van der Waals surface area contributed by atoms with Crippen LogP contribution in [0.4, 0.5) is 5.69 Å². The van der Waals surface area contributed by atoms with Crippen molar-refractivity contribution >= 4 is 39.6 Å². The number of anilines is 1. The Hall–Kier alpha value is -2.60. The summed E-state index contributed by atoms with van der Waals surface area (Å²) in [5.41, 5.74) is 1.25. The minimum atomic E-state index is -1.06. The molecule has 0 aliphatic heterocycles. The lowest BCUT2D eigenvalue weighted by molar-refractivity contribution is -0.131. The smallest absolute Gasteiger partial charge is 0.328 e. The maximum Gasteiger partial charge on any atom is 0.328 e. The van der Waals surface area contributed by atoms with Gasteiger partial charge in [0, 0.05) is 21.8 Å². The van der Waals surface area contributed by atoms with E-state index in [-0.39, 0.29) is 12.5 Å². The molecule has 0 bridgehead atoms. The third-order valence-electron chi connectivity index (χ3n) is 2.79. The Labute approximate surface area is 141 Å². The maximum absolute atomic E-state index is 11.9. The minimum absolute atomic E-state index is 0.176. The first-order chi connectivity index (χ1) is 11.0. The predicted octanol–water partition coefficient (Wildman–Crippen LogP) is 3.56. The van der Waals surface area contributed by atoms with Crippen LogP contribution in [0.3, 0.4) is 0 Å². The summed E-state index contributed by atoms with van der Waals surface area (Å²) in [5, 5.41) is 11.4. The van der Waals surface area contributed by atoms with Gasteiger partial charge in [0.15, 0.2) is 6.61 Å². The summed E-state index contributed by atoms with van der Waals surface area (Å²) in [6.45, 7) is -0.176. The third kappa shape index (κ3) is 5.60. The Morgan fingerprint density at radius 2 is 1.91 bits per heavy atom. The van der Waals surface area contributed by atoms with E-state index < -0.39 is 5.97 Å². The van der Waals surface area contributed by atoms with E-state index in [4.69, 9.17) is 9.84 Å². The fourth-order valence-electron chi connectivity index (χ4n) is 1.80. The molecule has 2 aromatic rings. The molecule has 0 radical (unpaired) electrons. The lowest BCUT2D eigenvalue weighted by Crippen LogP contribution is -2.20. The van der Waals surface area contributed by atoms with E-state index in [1.807, 2.05) is 18.2 Å². The second kappa shape index (κ2) is 8.14. The fraction of sp³-hybridized carbons (Fsp3) is 0.0588. The number of amides is 1. The van der Waals surface area contributed by atoms with E-state index in [1.165, 1.54) is 6.08 Å². The predicted molar refractivity (Wildman–Crippen MR) is 91.4 cm³/mol. The van der Waals surface area contributed by atoms with Gasteiger partial charge >= 0.3 is 5.97 Å². The van der Waals surface area contributed by atoms with Gasteiger partial charge in [0.25, 0.3) is 5.91 Å². The van der Waals surface area contributed by atoms with Crippen molar-refractivity contribution in [3.63, 3.8) is 0 Å². The molecule has 5 nitrogen and oxygen atoms in total. The summed E-state index contributed by atoms with van der Waals surface area (Å²) in [7, 11) is 0. The molecule has 0 spiro atoms. The SMILES string of the molecule is O=C(O)/C=C/c1cc(Br)ccc1OCC(=O)Nc1ccccc1. The number of hydrogen-bond acceptors (Lipinski definition) is 3. The van der Waals surface area contributed by atoms with Crippen LogP contribution < -0.4 is 10.1 Å². The topological polar surface area (TPSA) is 75.6 Å². The van der Waals surface area contributed by atoms with Gasteiger partial charge in [-0.3, -0.25) is 4.79 Å². The highest BCUT2D eigenvalue weighted by Crippen LogP contribution is 2.24. The van der Waals surface area contributed by atoms with Crippen LogP contribution in [-0.4, -0.2) is 23.6 Å². The molecule has 0 unspecified atom stereocenters. The Kier molecular flexibility index (Phi) is 5.94. The van der Waals surface area contributed by atoms with Gasteiger partial charge in [-0.15, -0.1) is 0 Å². The van der Waals surface area contributed by atoms with Crippen LogP contribution in [-0.2, 0) is 9.59 Å². The molecule has 23 heavy (non-hydrogen) atoms. The molecule has 0 heterocycles. The molecule has 0 aliphatic carbocycles. The Morgan fingerprint density at radius 1 is 1.17 bits per heavy atom. The van der Waals surface area contributed by atoms with Gasteiger partial charge < -0.3 is 15.2 Å². The highest BCUT2D eigenvalue weighted by atomic mass is 79.9. The first-order valence-electron chi connectivity index (χ1n) is 6.73. The Balaban J connectivity index is 2.02. The normalized spacial score (nSPS) is 10.5. The van der Waals surface area contributed by atoms with Crippen LogP contribution in [0.15, 0.2) is 59.1 Å². The van der Waals surface area contributed by atoms with E-state index in [1.54, 1.807) is 30.3 Å². The van der Waals surface area contributed by atoms with Gasteiger partial charge in [-0.05, 0) is 36.4 Å². The molecule has 6 heteroatoms. The van der Waals surface area contributed by atoms with Gasteiger partial charge in [-0.25, -0.2) is 4.79 Å². The molecular weight excluding hydrogens is 362 g/mol. The van der Waals surface area contributed by atoms with Crippen molar-refractivity contribution in [2.75, 3.05) is 11.9 Å². The van der Waals surface area contributed by atoms with E-state index in [2.05, 4.69) is 21.2 Å². The molecule has 2 aromatic carbocycles. The minimum Gasteiger partial charge on any atom is -0.483 e. The molecule has 0 fully saturated rings. The van der Waals surface area contributed by atoms with Crippen LogP contribution in [0, 0.1) is 0 Å². The van der Waals surface area contributed by atoms with Crippen LogP contribution in [0.2, 0.25) is 0 Å². The fourth-order valence-corrected chi connectivity index (χ4v) is 2.18. The van der Waals surface area contributed by atoms with Crippen molar-refractivity contribution < 1.29 is 19.4 Å². The largest absolute Gasteiger partial charge is 0.483 e. The van der Waals surface area contributed by atoms with Crippen LogP contribution in [0.1, 0.15) is 5.56 Å². The molecule has 0 aromatic heterocycles. The van der Waals surface area contributed by atoms with Gasteiger partial charge in [-0.1, -0.05) is 34.1 Å². The highest BCUT2D eigenvalue weighted by molar-refractivity contribution is 9.10. The summed E-state index contributed by atoms with van der Waals surface area (Å²) in [6.07, 6.45) is 2.43. The van der Waals surface area contributed by atoms with Crippen molar-refractivity contribution in [3.8, 4) is 5.75 Å². The summed E-state index contributed by atoms with van der Waals surface area (Å²) < 4.78 is 6.26. The number of carboxylic acid groups (broad SMARTS) is 1. The Morgan fingerprint density at radius 3 is 2.61 bits per heavy atom. The summed E-state index contributed by atoms with van der Waals surface area (Å²) >= 11 is 3.31. The molecule has 0 saturated heterocycles. The number of benzene rings is 2. The zero-order valence-electron chi connectivity index (χ0n) is 12.0. The molecule has 118 valence electrons. The van der Waals surface area contributed by atoms with Gasteiger partial charge in [0.2, 0.25) is 0 Å². The van der Waals surface area contributed by atoms with Crippen LogP contribution in [0.25, 0.3) is 6.08 Å². The molecule has 2 N–H and O–H groups in total. The average Bonchev–Trinajstić information content (AvgIpc) is 2.53. The van der Waals surface area contributed by atoms with E-state index >= 15 is 0 Å². The van der Waals surface area contributed by atoms with Crippen molar-refractivity contribution in [2.45, 2.75) is 0 Å². The maximum atomic E-state index is 11.9. The molecule has 0 atom stereocenters. The average molecular weight is 376 g/mol. The quantitative estimate of drug-likeness (QED) is 0.756. The number of aliphatic carboxylic acids is 1. The van der Waals surface area contributed by atoms with E-state index in [0.717, 1.165) is 10.5 Å². The number of carboxylic acids is 1. The number of hydrogen-bond donors (Lipinski definition) is 2. The summed E-state index contributed by atoms with van der Waals surface area (Å²) in [6, 6.07) is 14.2. The van der Waals surface area contributed by atoms with Gasteiger partial charge in [-0.2, -0.15) is 0 Å². The number of ether oxygens (including phenoxy) is 1. The molecular formula is C17H14BrNO4. The number of halogens is 1. The summed E-state index contributed by atoms with van der Waals surface area (Å²) in [5.74, 6) is -0.932. The molecule has 1 amide bonds.